The van der Waals surface area contributed by atoms with Gasteiger partial charge in [0.15, 0.2) is 0 Å². The van der Waals surface area contributed by atoms with E-state index >= 15 is 0 Å². The summed E-state index contributed by atoms with van der Waals surface area (Å²) in [5.74, 6) is 0. The summed E-state index contributed by atoms with van der Waals surface area (Å²) in [5, 5.41) is 6.95. The van der Waals surface area contributed by atoms with Crippen LogP contribution in [0.4, 0.5) is 0 Å². The fourth-order valence-electron chi connectivity index (χ4n) is 5.57. The third-order valence-corrected chi connectivity index (χ3v) is 7.37. The molecule has 0 N–H and O–H groups in total. The first-order valence-electron chi connectivity index (χ1n) is 12.4. The van der Waals surface area contributed by atoms with Gasteiger partial charge in [-0.2, -0.15) is 0 Å². The van der Waals surface area contributed by atoms with Crippen LogP contribution in [0.3, 0.4) is 0 Å². The lowest BCUT2D eigenvalue weighted by molar-refractivity contribution is 0.669. The number of hydrogen-bond acceptors (Lipinski definition) is 3. The van der Waals surface area contributed by atoms with Crippen molar-refractivity contribution in [1.82, 2.24) is 9.97 Å². The second-order valence-corrected chi connectivity index (χ2v) is 9.45. The van der Waals surface area contributed by atoms with Gasteiger partial charge in [-0.3, -0.25) is 9.97 Å². The first kappa shape index (κ1) is 20.2. The topological polar surface area (TPSA) is 38.9 Å². The van der Waals surface area contributed by atoms with Crippen molar-refractivity contribution >= 4 is 54.5 Å². The molecule has 0 aliphatic heterocycles. The van der Waals surface area contributed by atoms with Crippen LogP contribution < -0.4 is 0 Å². The van der Waals surface area contributed by atoms with E-state index in [-0.39, 0.29) is 0 Å². The minimum atomic E-state index is 0.919. The molecule has 0 unspecified atom stereocenters. The molecule has 0 aliphatic carbocycles. The second-order valence-electron chi connectivity index (χ2n) is 9.45. The summed E-state index contributed by atoms with van der Waals surface area (Å²) >= 11 is 0. The maximum atomic E-state index is 6.00. The lowest BCUT2D eigenvalue weighted by Gasteiger charge is -2.11. The van der Waals surface area contributed by atoms with Crippen LogP contribution in [0.5, 0.6) is 0 Å². The highest BCUT2D eigenvalue weighted by Gasteiger charge is 2.12. The van der Waals surface area contributed by atoms with Crippen molar-refractivity contribution in [2.75, 3.05) is 0 Å². The Morgan fingerprint density at radius 3 is 1.62 bits per heavy atom. The Labute approximate surface area is 212 Å². The van der Waals surface area contributed by atoms with Gasteiger partial charge in [0.05, 0.1) is 11.0 Å². The van der Waals surface area contributed by atoms with Gasteiger partial charge in [-0.1, -0.05) is 84.9 Å². The number of fused-ring (bicyclic) bond motifs is 9. The van der Waals surface area contributed by atoms with Gasteiger partial charge in [-0.25, -0.2) is 0 Å². The standard InChI is InChI=1S/C34H20N2O/c1-2-7-27-25(5-1)29-19-23(13-15-28(29)34-33(27)35-17-18-36-34)21-9-11-22(12-10-21)24-14-16-32-30(20-24)26-6-3-4-8-31(26)37-32/h1-20H. The third kappa shape index (κ3) is 3.08. The van der Waals surface area contributed by atoms with Crippen molar-refractivity contribution in [3.63, 3.8) is 0 Å². The van der Waals surface area contributed by atoms with Crippen molar-refractivity contribution in [1.29, 1.82) is 0 Å². The Balaban J connectivity index is 1.24. The summed E-state index contributed by atoms with van der Waals surface area (Å²) in [4.78, 5) is 9.32. The zero-order valence-electron chi connectivity index (χ0n) is 19.8. The van der Waals surface area contributed by atoms with Gasteiger partial charge in [-0.05, 0) is 57.3 Å². The fraction of sp³-hybridized carbons (Fsp3) is 0. The molecule has 8 rings (SSSR count). The van der Waals surface area contributed by atoms with Crippen LogP contribution in [0.25, 0.3) is 76.8 Å². The lowest BCUT2D eigenvalue weighted by Crippen LogP contribution is -1.89. The number of para-hydroxylation sites is 1. The Bertz CT molecular complexity index is 2100. The first-order valence-corrected chi connectivity index (χ1v) is 12.4. The molecule has 2 heterocycles. The Morgan fingerprint density at radius 1 is 0.378 bits per heavy atom. The highest BCUT2D eigenvalue weighted by Crippen LogP contribution is 2.36. The van der Waals surface area contributed by atoms with E-state index in [1.54, 1.807) is 12.4 Å². The average molecular weight is 473 g/mol. The van der Waals surface area contributed by atoms with Crippen molar-refractivity contribution in [3.8, 4) is 22.3 Å². The molecule has 8 aromatic rings. The van der Waals surface area contributed by atoms with E-state index in [0.717, 1.165) is 43.7 Å². The van der Waals surface area contributed by atoms with Gasteiger partial charge >= 0.3 is 0 Å². The molecule has 37 heavy (non-hydrogen) atoms. The van der Waals surface area contributed by atoms with Crippen LogP contribution in [-0.4, -0.2) is 9.97 Å². The van der Waals surface area contributed by atoms with E-state index in [2.05, 4.69) is 107 Å². The first-order chi connectivity index (χ1) is 18.3. The third-order valence-electron chi connectivity index (χ3n) is 7.37. The van der Waals surface area contributed by atoms with E-state index in [9.17, 15) is 0 Å². The molecule has 3 heteroatoms. The number of nitrogens with zero attached hydrogens (tertiary/aromatic N) is 2. The summed E-state index contributed by atoms with van der Waals surface area (Å²) in [7, 11) is 0. The van der Waals surface area contributed by atoms with Crippen molar-refractivity contribution in [3.05, 3.63) is 122 Å². The molecule has 0 amide bonds. The van der Waals surface area contributed by atoms with Gasteiger partial charge in [-0.15, -0.1) is 0 Å². The number of hydrogen-bond donors (Lipinski definition) is 0. The molecule has 2 aromatic heterocycles. The van der Waals surface area contributed by atoms with Gasteiger partial charge in [0.2, 0.25) is 0 Å². The molecule has 0 saturated carbocycles. The summed E-state index contributed by atoms with van der Waals surface area (Å²) < 4.78 is 6.00. The largest absolute Gasteiger partial charge is 0.456 e. The Hall–Kier alpha value is -5.02. The zero-order valence-corrected chi connectivity index (χ0v) is 19.8. The molecule has 0 atom stereocenters. The van der Waals surface area contributed by atoms with Crippen LogP contribution in [0, 0.1) is 0 Å². The quantitative estimate of drug-likeness (QED) is 0.235. The van der Waals surface area contributed by atoms with E-state index < -0.39 is 0 Å². The van der Waals surface area contributed by atoms with E-state index in [0.29, 0.717) is 0 Å². The SMILES string of the molecule is c1ccc2c(c1)oc1ccc(-c3ccc(-c4ccc5c(c4)c4ccccc4c4nccnc54)cc3)cc12. The second kappa shape index (κ2) is 7.74. The van der Waals surface area contributed by atoms with Crippen LogP contribution >= 0.6 is 0 Å². The minimum Gasteiger partial charge on any atom is -0.456 e. The molecule has 0 radical (unpaired) electrons. The van der Waals surface area contributed by atoms with Crippen molar-refractivity contribution < 1.29 is 4.42 Å². The normalized spacial score (nSPS) is 11.8. The summed E-state index contributed by atoms with van der Waals surface area (Å²) in [6, 6.07) is 38.6. The van der Waals surface area contributed by atoms with Crippen LogP contribution in [0.2, 0.25) is 0 Å². The maximum Gasteiger partial charge on any atom is 0.135 e. The highest BCUT2D eigenvalue weighted by atomic mass is 16.3. The number of furan rings is 1. The monoisotopic (exact) mass is 472 g/mol. The fourth-order valence-corrected chi connectivity index (χ4v) is 5.57. The van der Waals surface area contributed by atoms with Crippen LogP contribution in [0.1, 0.15) is 0 Å². The molecule has 6 aromatic carbocycles. The minimum absolute atomic E-state index is 0.919. The predicted octanol–water partition coefficient (Wildman–Crippen LogP) is 9.17. The number of benzene rings is 6. The molecule has 0 bridgehead atoms. The Morgan fingerprint density at radius 2 is 0.892 bits per heavy atom. The molecule has 0 saturated heterocycles. The van der Waals surface area contributed by atoms with Gasteiger partial charge in [0.1, 0.15) is 11.2 Å². The van der Waals surface area contributed by atoms with Crippen LogP contribution in [-0.2, 0) is 0 Å². The molecule has 172 valence electrons. The van der Waals surface area contributed by atoms with E-state index in [1.807, 2.05) is 12.1 Å². The van der Waals surface area contributed by atoms with Gasteiger partial charge < -0.3 is 4.42 Å². The van der Waals surface area contributed by atoms with E-state index in [1.165, 1.54) is 33.0 Å². The molecular formula is C34H20N2O. The molecule has 3 nitrogen and oxygen atoms in total. The molecular weight excluding hydrogens is 452 g/mol. The smallest absolute Gasteiger partial charge is 0.135 e. The van der Waals surface area contributed by atoms with Crippen molar-refractivity contribution in [2.24, 2.45) is 0 Å². The molecule has 0 fully saturated rings. The average Bonchev–Trinajstić information content (AvgIpc) is 3.35. The lowest BCUT2D eigenvalue weighted by atomic mass is 9.94. The van der Waals surface area contributed by atoms with Gasteiger partial charge in [0.25, 0.3) is 0 Å². The van der Waals surface area contributed by atoms with Crippen molar-refractivity contribution in [2.45, 2.75) is 0 Å². The summed E-state index contributed by atoms with van der Waals surface area (Å²) in [5.41, 5.74) is 8.47. The van der Waals surface area contributed by atoms with Gasteiger partial charge in [0, 0.05) is 33.9 Å². The van der Waals surface area contributed by atoms with Crippen LogP contribution in [0.15, 0.2) is 126 Å². The zero-order chi connectivity index (χ0) is 24.3. The molecule has 0 aliphatic rings. The van der Waals surface area contributed by atoms with E-state index in [4.69, 9.17) is 4.42 Å². The molecule has 0 spiro atoms. The highest BCUT2D eigenvalue weighted by molar-refractivity contribution is 6.23. The summed E-state index contributed by atoms with van der Waals surface area (Å²) in [6.45, 7) is 0. The maximum absolute atomic E-state index is 6.00. The summed E-state index contributed by atoms with van der Waals surface area (Å²) in [6.07, 6.45) is 3.54. The Kier molecular flexibility index (Phi) is 4.23. The predicted molar refractivity (Wildman–Crippen MR) is 153 cm³/mol. The number of aromatic nitrogens is 2. The number of rotatable bonds is 2.